The summed E-state index contributed by atoms with van der Waals surface area (Å²) < 4.78 is 0. The number of aromatic nitrogens is 1. The number of rotatable bonds is 4. The van der Waals surface area contributed by atoms with Gasteiger partial charge < -0.3 is 10.5 Å². The Labute approximate surface area is 97.5 Å². The molecule has 0 saturated heterocycles. The van der Waals surface area contributed by atoms with E-state index in [1.54, 1.807) is 0 Å². The first-order chi connectivity index (χ1) is 7.65. The van der Waals surface area contributed by atoms with E-state index >= 15 is 0 Å². The van der Waals surface area contributed by atoms with Crippen molar-refractivity contribution in [3.63, 3.8) is 0 Å². The van der Waals surface area contributed by atoms with Gasteiger partial charge in [-0.25, -0.2) is 9.78 Å². The van der Waals surface area contributed by atoms with Gasteiger partial charge in [-0.05, 0) is 12.2 Å². The molecule has 6 heteroatoms. The van der Waals surface area contributed by atoms with Crippen LogP contribution in [-0.2, 0) is 0 Å². The number of hydrogen-bond acceptors (Lipinski definition) is 5. The summed E-state index contributed by atoms with van der Waals surface area (Å²) in [7, 11) is 0. The Morgan fingerprint density at radius 3 is 2.62 bits per heavy atom. The molecule has 16 heavy (non-hydrogen) atoms. The highest BCUT2D eigenvalue weighted by Gasteiger charge is 2.10. The van der Waals surface area contributed by atoms with E-state index < -0.39 is 5.97 Å². The summed E-state index contributed by atoms with van der Waals surface area (Å²) >= 11 is 0.938. The minimum atomic E-state index is -1.09. The van der Waals surface area contributed by atoms with Gasteiger partial charge in [-0.3, -0.25) is 5.41 Å². The Balaban J connectivity index is 0.00000106. The van der Waals surface area contributed by atoms with Crippen LogP contribution in [0.15, 0.2) is 18.3 Å². The van der Waals surface area contributed by atoms with Crippen LogP contribution in [0.25, 0.3) is 0 Å². The number of carbonyl (C=O) groups is 1. The molecule has 0 spiro atoms. The fraction of sp³-hybridized carbons (Fsp3) is 0.200. The lowest BCUT2D eigenvalue weighted by atomic mass is 10.3. The zero-order chi connectivity index (χ0) is 12.6. The molecule has 1 heterocycles. The zero-order valence-corrected chi connectivity index (χ0v) is 9.84. The zero-order valence-electron chi connectivity index (χ0n) is 9.02. The minimum Gasteiger partial charge on any atom is -0.476 e. The average molecular weight is 239 g/mol. The molecule has 0 unspecified atom stereocenters. The van der Waals surface area contributed by atoms with Crippen molar-refractivity contribution in [2.24, 2.45) is 0 Å². The maximum absolute atomic E-state index is 10.5. The van der Waals surface area contributed by atoms with Gasteiger partial charge in [0, 0.05) is 12.4 Å². The fourth-order valence-corrected chi connectivity index (χ4v) is 1.41. The molecule has 0 saturated carbocycles. The van der Waals surface area contributed by atoms with Gasteiger partial charge in [0.1, 0.15) is 0 Å². The molecule has 0 atom stereocenters. The highest BCUT2D eigenvalue weighted by atomic mass is 32.1. The Hall–Kier alpha value is -1.82. The first-order valence-corrected chi connectivity index (χ1v) is 5.42. The predicted molar refractivity (Wildman–Crippen MR) is 65.2 cm³/mol. The van der Waals surface area contributed by atoms with Crippen LogP contribution in [0.4, 0.5) is 0 Å². The molecule has 0 aliphatic heterocycles. The van der Waals surface area contributed by atoms with Crippen LogP contribution in [0.1, 0.15) is 28.5 Å². The van der Waals surface area contributed by atoms with Crippen molar-refractivity contribution >= 4 is 29.2 Å². The van der Waals surface area contributed by atoms with E-state index in [0.717, 1.165) is 17.6 Å². The number of nitrogens with zero attached hydrogens (tertiary/aromatic N) is 1. The third-order valence-corrected chi connectivity index (χ3v) is 2.33. The van der Waals surface area contributed by atoms with Crippen LogP contribution < -0.4 is 0 Å². The second-order valence-corrected chi connectivity index (χ2v) is 3.30. The van der Waals surface area contributed by atoms with Gasteiger partial charge in [0.25, 0.3) is 0 Å². The van der Waals surface area contributed by atoms with Crippen molar-refractivity contribution in [3.05, 3.63) is 28.2 Å². The Bertz CT molecular complexity index is 410. The Kier molecular flexibility index (Phi) is 6.62. The minimum absolute atomic E-state index is 0.0343. The van der Waals surface area contributed by atoms with Crippen LogP contribution in [-0.4, -0.2) is 28.0 Å². The molecule has 1 aromatic heterocycles. The predicted octanol–water partition coefficient (Wildman–Crippen LogP) is 2.44. The van der Waals surface area contributed by atoms with Gasteiger partial charge in [-0.15, -0.1) is 11.3 Å². The van der Waals surface area contributed by atoms with Gasteiger partial charge in [-0.1, -0.05) is 13.8 Å². The summed E-state index contributed by atoms with van der Waals surface area (Å²) in [4.78, 5) is 14.6. The summed E-state index contributed by atoms with van der Waals surface area (Å²) in [6.07, 6.45) is 5.19. The summed E-state index contributed by atoms with van der Waals surface area (Å²) in [6.45, 7) is 4.00. The van der Waals surface area contributed by atoms with Gasteiger partial charge in [0.15, 0.2) is 0 Å². The molecule has 0 amide bonds. The maximum Gasteiger partial charge on any atom is 0.365 e. The lowest BCUT2D eigenvalue weighted by Gasteiger charge is -1.88. The molecular weight excluding hydrogens is 226 g/mol. The van der Waals surface area contributed by atoms with E-state index in [9.17, 15) is 4.79 Å². The van der Waals surface area contributed by atoms with E-state index in [1.165, 1.54) is 18.3 Å². The third-order valence-electron chi connectivity index (χ3n) is 1.31. The number of thiazole rings is 1. The number of allylic oxidation sites excluding steroid dienone is 2. The van der Waals surface area contributed by atoms with Crippen LogP contribution >= 0.6 is 11.3 Å². The van der Waals surface area contributed by atoms with Crippen molar-refractivity contribution in [2.45, 2.75) is 13.8 Å². The monoisotopic (exact) mass is 239 g/mol. The van der Waals surface area contributed by atoms with E-state index in [4.69, 9.17) is 15.9 Å². The van der Waals surface area contributed by atoms with Gasteiger partial charge >= 0.3 is 5.97 Å². The molecule has 86 valence electrons. The van der Waals surface area contributed by atoms with E-state index in [2.05, 4.69) is 4.98 Å². The molecule has 0 aliphatic carbocycles. The Morgan fingerprint density at radius 2 is 2.19 bits per heavy atom. The highest BCUT2D eigenvalue weighted by Crippen LogP contribution is 2.13. The molecule has 3 N–H and O–H groups in total. The molecule has 1 rings (SSSR count). The van der Waals surface area contributed by atoms with Gasteiger partial charge in [0.2, 0.25) is 5.01 Å². The third kappa shape index (κ3) is 4.14. The van der Waals surface area contributed by atoms with Crippen LogP contribution in [0.2, 0.25) is 0 Å². The smallest absolute Gasteiger partial charge is 0.365 e. The summed E-state index contributed by atoms with van der Waals surface area (Å²) in [6, 6.07) is 0. The standard InChI is InChI=1S/C8H7N3O2S.C2H6/c9-3-1-2-5(10)6-4-11-7(14-6)8(12)13;1-2/h1-4,9-10H,(H,12,13);1-2H3/b2-1-,9-3?,10-5?;. The van der Waals surface area contributed by atoms with Crippen LogP contribution in [0, 0.1) is 10.8 Å². The number of nitrogens with one attached hydrogen (secondary N) is 2. The average Bonchev–Trinajstić information content (AvgIpc) is 2.78. The van der Waals surface area contributed by atoms with Crippen LogP contribution in [0.3, 0.4) is 0 Å². The molecule has 5 nitrogen and oxygen atoms in total. The fourth-order valence-electron chi connectivity index (χ4n) is 0.724. The van der Waals surface area contributed by atoms with Crippen molar-refractivity contribution in [1.29, 1.82) is 10.8 Å². The maximum atomic E-state index is 10.5. The van der Waals surface area contributed by atoms with E-state index in [-0.39, 0.29) is 10.7 Å². The molecular formula is C10H13N3O2S. The number of aromatic carboxylic acids is 1. The molecule has 0 aliphatic rings. The van der Waals surface area contributed by atoms with E-state index in [0.29, 0.717) is 4.88 Å². The second kappa shape index (κ2) is 7.47. The highest BCUT2D eigenvalue weighted by molar-refractivity contribution is 7.15. The van der Waals surface area contributed by atoms with Crippen molar-refractivity contribution in [3.8, 4) is 0 Å². The topological polar surface area (TPSA) is 97.9 Å². The lowest BCUT2D eigenvalue weighted by molar-refractivity contribution is 0.0696. The summed E-state index contributed by atoms with van der Waals surface area (Å²) in [5.41, 5.74) is 0.151. The van der Waals surface area contributed by atoms with Gasteiger partial charge in [-0.2, -0.15) is 0 Å². The summed E-state index contributed by atoms with van der Waals surface area (Å²) in [5, 5.41) is 22.7. The van der Waals surface area contributed by atoms with Crippen molar-refractivity contribution in [2.75, 3.05) is 0 Å². The van der Waals surface area contributed by atoms with Crippen molar-refractivity contribution in [1.82, 2.24) is 4.98 Å². The Morgan fingerprint density at radius 1 is 1.56 bits per heavy atom. The lowest BCUT2D eigenvalue weighted by Crippen LogP contribution is -1.93. The number of hydrogen-bond donors (Lipinski definition) is 3. The molecule has 0 radical (unpaired) electrons. The van der Waals surface area contributed by atoms with Crippen LogP contribution in [0.5, 0.6) is 0 Å². The SMILES string of the molecule is CC.N=C/C=C\C(=N)c1cnc(C(=O)O)s1. The molecule has 0 bridgehead atoms. The normalized spacial score (nSPS) is 9.38. The summed E-state index contributed by atoms with van der Waals surface area (Å²) in [5.74, 6) is -1.09. The first-order valence-electron chi connectivity index (χ1n) is 4.60. The number of carboxylic acids is 1. The molecule has 0 fully saturated rings. The molecule has 1 aromatic rings. The van der Waals surface area contributed by atoms with Crippen molar-refractivity contribution < 1.29 is 9.90 Å². The quantitative estimate of drug-likeness (QED) is 0.704. The van der Waals surface area contributed by atoms with E-state index in [1.807, 2.05) is 13.8 Å². The molecule has 0 aromatic carbocycles. The first kappa shape index (κ1) is 14.2. The second-order valence-electron chi connectivity index (χ2n) is 2.27. The number of carboxylic acid groups (broad SMARTS) is 1. The largest absolute Gasteiger partial charge is 0.476 e. The van der Waals surface area contributed by atoms with Gasteiger partial charge in [0.05, 0.1) is 10.6 Å².